The lowest BCUT2D eigenvalue weighted by molar-refractivity contribution is -0.274. The summed E-state index contributed by atoms with van der Waals surface area (Å²) >= 11 is 0. The molecule has 9 heteroatoms. The Bertz CT molecular complexity index is 805. The smallest absolute Gasteiger partial charge is 0.452 e. The van der Waals surface area contributed by atoms with E-state index in [2.05, 4.69) is 10.1 Å². The van der Waals surface area contributed by atoms with Crippen LogP contribution in [0.4, 0.5) is 24.5 Å². The molecule has 2 aromatic carbocycles. The van der Waals surface area contributed by atoms with Gasteiger partial charge in [0.25, 0.3) is 5.91 Å². The van der Waals surface area contributed by atoms with Crippen molar-refractivity contribution in [2.75, 3.05) is 17.7 Å². The number of alkyl halides is 3. The van der Waals surface area contributed by atoms with Gasteiger partial charge in [0.15, 0.2) is 6.61 Å². The Morgan fingerprint density at radius 3 is 2.38 bits per heavy atom. The molecule has 0 fully saturated rings. The van der Waals surface area contributed by atoms with Crippen LogP contribution in [-0.2, 0) is 9.53 Å². The van der Waals surface area contributed by atoms with Crippen LogP contribution in [0.3, 0.4) is 0 Å². The molecule has 0 spiro atoms. The third-order valence-corrected chi connectivity index (χ3v) is 3.25. The summed E-state index contributed by atoms with van der Waals surface area (Å²) in [6, 6.07) is 9.36. The van der Waals surface area contributed by atoms with E-state index >= 15 is 0 Å². The molecule has 138 valence electrons. The second kappa shape index (κ2) is 7.77. The maximum Gasteiger partial charge on any atom is 0.573 e. The van der Waals surface area contributed by atoms with Gasteiger partial charge in [0.1, 0.15) is 5.75 Å². The number of ether oxygens (including phenoxy) is 2. The molecule has 0 heterocycles. The van der Waals surface area contributed by atoms with Crippen LogP contribution < -0.4 is 15.8 Å². The van der Waals surface area contributed by atoms with Gasteiger partial charge in [-0.1, -0.05) is 12.1 Å². The number of rotatable bonds is 5. The Balaban J connectivity index is 1.89. The predicted octanol–water partition coefficient (Wildman–Crippen LogP) is 3.27. The van der Waals surface area contributed by atoms with Crippen molar-refractivity contribution < 1.29 is 32.2 Å². The highest BCUT2D eigenvalue weighted by Gasteiger charge is 2.30. The molecule has 0 aliphatic rings. The topological polar surface area (TPSA) is 90.7 Å². The number of nitrogen functional groups attached to an aromatic ring is 1. The highest BCUT2D eigenvalue weighted by molar-refractivity contribution is 5.98. The maximum atomic E-state index is 12.1. The molecule has 0 unspecified atom stereocenters. The molecule has 2 aromatic rings. The highest BCUT2D eigenvalue weighted by Crippen LogP contribution is 2.24. The van der Waals surface area contributed by atoms with Gasteiger partial charge in [-0.15, -0.1) is 13.2 Å². The lowest BCUT2D eigenvalue weighted by atomic mass is 10.1. The van der Waals surface area contributed by atoms with E-state index in [1.807, 2.05) is 0 Å². The van der Waals surface area contributed by atoms with E-state index in [1.165, 1.54) is 18.2 Å². The fourth-order valence-electron chi connectivity index (χ4n) is 2.00. The van der Waals surface area contributed by atoms with Crippen LogP contribution in [0, 0.1) is 6.92 Å². The van der Waals surface area contributed by atoms with Crippen LogP contribution in [0.5, 0.6) is 5.75 Å². The zero-order valence-corrected chi connectivity index (χ0v) is 13.6. The quantitative estimate of drug-likeness (QED) is 0.624. The van der Waals surface area contributed by atoms with Gasteiger partial charge in [-0.2, -0.15) is 0 Å². The SMILES string of the molecule is Cc1cccc(C(=O)OCC(=O)Nc2ccc(OC(F)(F)F)cc2)c1N. The van der Waals surface area contributed by atoms with E-state index in [1.54, 1.807) is 19.1 Å². The third-order valence-electron chi connectivity index (χ3n) is 3.25. The molecule has 0 radical (unpaired) electrons. The van der Waals surface area contributed by atoms with Gasteiger partial charge >= 0.3 is 12.3 Å². The molecule has 1 amide bonds. The van der Waals surface area contributed by atoms with Crippen molar-refractivity contribution in [1.29, 1.82) is 0 Å². The molecule has 0 saturated heterocycles. The van der Waals surface area contributed by atoms with E-state index in [9.17, 15) is 22.8 Å². The zero-order valence-electron chi connectivity index (χ0n) is 13.6. The number of hydrogen-bond acceptors (Lipinski definition) is 5. The second-order valence-corrected chi connectivity index (χ2v) is 5.23. The molecule has 0 aromatic heterocycles. The number of nitrogens with two attached hydrogens (primary N) is 1. The summed E-state index contributed by atoms with van der Waals surface area (Å²) in [5, 5.41) is 2.38. The molecule has 0 saturated carbocycles. The van der Waals surface area contributed by atoms with Gasteiger partial charge in [-0.05, 0) is 42.8 Å². The first-order valence-electron chi connectivity index (χ1n) is 7.33. The minimum absolute atomic E-state index is 0.145. The average Bonchev–Trinajstić information content (AvgIpc) is 2.55. The molecule has 3 N–H and O–H groups in total. The number of anilines is 2. The van der Waals surface area contributed by atoms with Crippen LogP contribution in [0.1, 0.15) is 15.9 Å². The molecule has 0 aliphatic carbocycles. The fraction of sp³-hybridized carbons (Fsp3) is 0.176. The first-order chi connectivity index (χ1) is 12.2. The Morgan fingerprint density at radius 2 is 1.77 bits per heavy atom. The summed E-state index contributed by atoms with van der Waals surface area (Å²) in [4.78, 5) is 23.7. The molecule has 6 nitrogen and oxygen atoms in total. The van der Waals surface area contributed by atoms with E-state index in [4.69, 9.17) is 10.5 Å². The van der Waals surface area contributed by atoms with Crippen LogP contribution >= 0.6 is 0 Å². The Hall–Kier alpha value is -3.23. The zero-order chi connectivity index (χ0) is 19.3. The molecular formula is C17H15F3N2O4. The number of nitrogens with one attached hydrogen (secondary N) is 1. The predicted molar refractivity (Wildman–Crippen MR) is 87.6 cm³/mol. The largest absolute Gasteiger partial charge is 0.573 e. The number of carbonyl (C=O) groups excluding carboxylic acids is 2. The first kappa shape index (κ1) is 19.1. The summed E-state index contributed by atoms with van der Waals surface area (Å²) in [7, 11) is 0. The number of halogens is 3. The Labute approximate surface area is 146 Å². The van der Waals surface area contributed by atoms with Gasteiger partial charge in [0.05, 0.1) is 5.56 Å². The van der Waals surface area contributed by atoms with Crippen LogP contribution in [0.2, 0.25) is 0 Å². The summed E-state index contributed by atoms with van der Waals surface area (Å²) in [5.74, 6) is -1.83. The minimum atomic E-state index is -4.80. The lowest BCUT2D eigenvalue weighted by Crippen LogP contribution is -2.21. The minimum Gasteiger partial charge on any atom is -0.452 e. The number of aryl methyl sites for hydroxylation is 1. The summed E-state index contributed by atoms with van der Waals surface area (Å²) in [5.41, 5.74) is 7.10. The number of carbonyl (C=O) groups is 2. The van der Waals surface area contributed by atoms with Crippen LogP contribution in [0.15, 0.2) is 42.5 Å². The average molecular weight is 368 g/mol. The van der Waals surface area contributed by atoms with Crippen molar-refractivity contribution in [2.45, 2.75) is 13.3 Å². The number of amides is 1. The normalized spacial score (nSPS) is 10.9. The maximum absolute atomic E-state index is 12.1. The third kappa shape index (κ3) is 5.40. The summed E-state index contributed by atoms with van der Waals surface area (Å²) in [6.07, 6.45) is -4.80. The van der Waals surface area contributed by atoms with Crippen LogP contribution in [0.25, 0.3) is 0 Å². The van der Waals surface area contributed by atoms with Gasteiger partial charge in [-0.25, -0.2) is 4.79 Å². The Morgan fingerprint density at radius 1 is 1.12 bits per heavy atom. The van der Waals surface area contributed by atoms with E-state index in [0.717, 1.165) is 12.1 Å². The van der Waals surface area contributed by atoms with Gasteiger partial charge in [0.2, 0.25) is 0 Å². The monoisotopic (exact) mass is 368 g/mol. The lowest BCUT2D eigenvalue weighted by Gasteiger charge is -2.11. The van der Waals surface area contributed by atoms with E-state index < -0.39 is 30.6 Å². The number of hydrogen-bond donors (Lipinski definition) is 2. The molecule has 2 rings (SSSR count). The molecule has 0 atom stereocenters. The Kier molecular flexibility index (Phi) is 5.71. The molecule has 0 bridgehead atoms. The summed E-state index contributed by atoms with van der Waals surface area (Å²) in [6.45, 7) is 1.15. The number of esters is 1. The first-order valence-corrected chi connectivity index (χ1v) is 7.33. The number of para-hydroxylation sites is 1. The van der Waals surface area contributed by atoms with Gasteiger partial charge in [0, 0.05) is 11.4 Å². The van der Waals surface area contributed by atoms with Crippen molar-refractivity contribution >= 4 is 23.3 Å². The van der Waals surface area contributed by atoms with E-state index in [0.29, 0.717) is 5.56 Å². The fourth-order valence-corrected chi connectivity index (χ4v) is 2.00. The molecule has 26 heavy (non-hydrogen) atoms. The van der Waals surface area contributed by atoms with Crippen molar-refractivity contribution in [2.24, 2.45) is 0 Å². The van der Waals surface area contributed by atoms with Gasteiger partial charge in [-0.3, -0.25) is 4.79 Å². The van der Waals surface area contributed by atoms with Crippen molar-refractivity contribution in [1.82, 2.24) is 0 Å². The van der Waals surface area contributed by atoms with Gasteiger partial charge < -0.3 is 20.5 Å². The standard InChI is InChI=1S/C17H15F3N2O4/c1-10-3-2-4-13(15(10)21)16(24)25-9-14(23)22-11-5-7-12(8-6-11)26-17(18,19)20/h2-8H,9,21H2,1H3,(H,22,23). The van der Waals surface area contributed by atoms with Crippen molar-refractivity contribution in [3.63, 3.8) is 0 Å². The van der Waals surface area contributed by atoms with Crippen molar-refractivity contribution in [3.05, 3.63) is 53.6 Å². The summed E-state index contributed by atoms with van der Waals surface area (Å²) < 4.78 is 44.8. The van der Waals surface area contributed by atoms with Crippen LogP contribution in [-0.4, -0.2) is 24.8 Å². The molecular weight excluding hydrogens is 353 g/mol. The number of benzene rings is 2. The highest BCUT2D eigenvalue weighted by atomic mass is 19.4. The van der Waals surface area contributed by atoms with Crippen molar-refractivity contribution in [3.8, 4) is 5.75 Å². The second-order valence-electron chi connectivity index (χ2n) is 5.23. The molecule has 0 aliphatic heterocycles. The van der Waals surface area contributed by atoms with E-state index in [-0.39, 0.29) is 16.9 Å².